The van der Waals surface area contributed by atoms with Crippen LogP contribution >= 0.6 is 0 Å². The SMILES string of the molecule is COc1ccc(OC)c(-c2cc(C(=O)N[C@H](C(=O)N3CCOCC3)c3ccccc3)no2)c1. The lowest BCUT2D eigenvalue weighted by Crippen LogP contribution is -2.47. The van der Waals surface area contributed by atoms with Crippen LogP contribution in [0.1, 0.15) is 22.1 Å². The molecule has 2 heterocycles. The van der Waals surface area contributed by atoms with E-state index in [0.29, 0.717) is 54.7 Å². The molecule has 1 atom stereocenters. The van der Waals surface area contributed by atoms with Crippen molar-refractivity contribution < 1.29 is 28.3 Å². The molecule has 9 heteroatoms. The molecule has 0 spiro atoms. The Morgan fingerprint density at radius 2 is 1.79 bits per heavy atom. The molecular formula is C24H25N3O6. The van der Waals surface area contributed by atoms with Crippen molar-refractivity contribution in [1.29, 1.82) is 0 Å². The number of hydrogen-bond donors (Lipinski definition) is 1. The molecule has 1 aliphatic heterocycles. The molecule has 1 fully saturated rings. The molecule has 0 radical (unpaired) electrons. The van der Waals surface area contributed by atoms with Crippen LogP contribution in [0.15, 0.2) is 59.1 Å². The maximum Gasteiger partial charge on any atom is 0.274 e. The van der Waals surface area contributed by atoms with Gasteiger partial charge in [0.05, 0.1) is 33.0 Å². The lowest BCUT2D eigenvalue weighted by atomic mass is 10.0. The van der Waals surface area contributed by atoms with Crippen molar-refractivity contribution in [3.8, 4) is 22.8 Å². The quantitative estimate of drug-likeness (QED) is 0.589. The van der Waals surface area contributed by atoms with Crippen molar-refractivity contribution in [3.63, 3.8) is 0 Å². The van der Waals surface area contributed by atoms with Gasteiger partial charge in [-0.25, -0.2) is 0 Å². The Balaban J connectivity index is 1.58. The monoisotopic (exact) mass is 451 g/mol. The number of hydrogen-bond acceptors (Lipinski definition) is 7. The van der Waals surface area contributed by atoms with E-state index in [4.69, 9.17) is 18.7 Å². The zero-order chi connectivity index (χ0) is 23.2. The first-order chi connectivity index (χ1) is 16.1. The van der Waals surface area contributed by atoms with Crippen LogP contribution in [-0.2, 0) is 9.53 Å². The molecule has 2 aromatic carbocycles. The van der Waals surface area contributed by atoms with Crippen molar-refractivity contribution >= 4 is 11.8 Å². The number of morpholine rings is 1. The van der Waals surface area contributed by atoms with Gasteiger partial charge in [0.2, 0.25) is 5.91 Å². The molecule has 2 amide bonds. The highest BCUT2D eigenvalue weighted by Crippen LogP contribution is 2.33. The summed E-state index contributed by atoms with van der Waals surface area (Å²) >= 11 is 0. The summed E-state index contributed by atoms with van der Waals surface area (Å²) in [5.74, 6) is 0.766. The Bertz CT molecular complexity index is 1110. The first kappa shape index (κ1) is 22.3. The van der Waals surface area contributed by atoms with Gasteiger partial charge in [-0.05, 0) is 23.8 Å². The van der Waals surface area contributed by atoms with Crippen molar-refractivity contribution in [2.24, 2.45) is 0 Å². The van der Waals surface area contributed by atoms with Crippen LogP contribution in [0, 0.1) is 0 Å². The lowest BCUT2D eigenvalue weighted by Gasteiger charge is -2.30. The Kier molecular flexibility index (Phi) is 6.89. The van der Waals surface area contributed by atoms with Gasteiger partial charge in [-0.15, -0.1) is 0 Å². The number of nitrogens with zero attached hydrogens (tertiary/aromatic N) is 2. The molecule has 1 aliphatic rings. The second-order valence-electron chi connectivity index (χ2n) is 7.40. The van der Waals surface area contributed by atoms with E-state index in [1.165, 1.54) is 13.2 Å². The fraction of sp³-hybridized carbons (Fsp3) is 0.292. The van der Waals surface area contributed by atoms with Gasteiger partial charge >= 0.3 is 0 Å². The molecule has 0 saturated carbocycles. The molecule has 0 aliphatic carbocycles. The summed E-state index contributed by atoms with van der Waals surface area (Å²) in [6.45, 7) is 1.88. The average molecular weight is 451 g/mol. The molecule has 9 nitrogen and oxygen atoms in total. The maximum atomic E-state index is 13.2. The van der Waals surface area contributed by atoms with Crippen molar-refractivity contribution in [2.75, 3.05) is 40.5 Å². The third-order valence-corrected chi connectivity index (χ3v) is 5.39. The first-order valence-corrected chi connectivity index (χ1v) is 10.5. The van der Waals surface area contributed by atoms with Gasteiger partial charge in [-0.3, -0.25) is 9.59 Å². The van der Waals surface area contributed by atoms with E-state index >= 15 is 0 Å². The fourth-order valence-electron chi connectivity index (χ4n) is 3.62. The van der Waals surface area contributed by atoms with Crippen LogP contribution in [-0.4, -0.2) is 62.4 Å². The summed E-state index contributed by atoms with van der Waals surface area (Å²) < 4.78 is 21.4. The van der Waals surface area contributed by atoms with Crippen LogP contribution in [0.5, 0.6) is 11.5 Å². The normalized spacial score (nSPS) is 14.4. The van der Waals surface area contributed by atoms with E-state index in [-0.39, 0.29) is 11.6 Å². The molecule has 4 rings (SSSR count). The minimum absolute atomic E-state index is 0.0468. The van der Waals surface area contributed by atoms with Crippen LogP contribution in [0.4, 0.5) is 0 Å². The maximum absolute atomic E-state index is 13.2. The third-order valence-electron chi connectivity index (χ3n) is 5.39. The fourth-order valence-corrected chi connectivity index (χ4v) is 3.62. The van der Waals surface area contributed by atoms with Crippen molar-refractivity contribution in [2.45, 2.75) is 6.04 Å². The van der Waals surface area contributed by atoms with Crippen LogP contribution in [0.3, 0.4) is 0 Å². The highest BCUT2D eigenvalue weighted by atomic mass is 16.5. The van der Waals surface area contributed by atoms with E-state index in [2.05, 4.69) is 10.5 Å². The highest BCUT2D eigenvalue weighted by molar-refractivity contribution is 5.97. The van der Waals surface area contributed by atoms with E-state index in [1.54, 1.807) is 42.3 Å². The largest absolute Gasteiger partial charge is 0.497 e. The Morgan fingerprint density at radius 1 is 1.03 bits per heavy atom. The van der Waals surface area contributed by atoms with Crippen LogP contribution in [0.25, 0.3) is 11.3 Å². The summed E-state index contributed by atoms with van der Waals surface area (Å²) in [4.78, 5) is 28.0. The van der Waals surface area contributed by atoms with Gasteiger partial charge in [0.15, 0.2) is 11.5 Å². The van der Waals surface area contributed by atoms with Gasteiger partial charge < -0.3 is 29.0 Å². The zero-order valence-electron chi connectivity index (χ0n) is 18.4. The average Bonchev–Trinajstić information content (AvgIpc) is 3.38. The number of nitrogens with one attached hydrogen (secondary N) is 1. The number of amides is 2. The van der Waals surface area contributed by atoms with Gasteiger partial charge in [0, 0.05) is 19.2 Å². The Morgan fingerprint density at radius 3 is 2.48 bits per heavy atom. The second-order valence-corrected chi connectivity index (χ2v) is 7.40. The van der Waals surface area contributed by atoms with E-state index in [9.17, 15) is 9.59 Å². The number of rotatable bonds is 7. The van der Waals surface area contributed by atoms with Crippen LogP contribution < -0.4 is 14.8 Å². The Labute approximate surface area is 191 Å². The molecule has 33 heavy (non-hydrogen) atoms. The summed E-state index contributed by atoms with van der Waals surface area (Å²) in [6.07, 6.45) is 0. The molecular weight excluding hydrogens is 426 g/mol. The minimum Gasteiger partial charge on any atom is -0.497 e. The minimum atomic E-state index is -0.858. The molecule has 3 aromatic rings. The smallest absolute Gasteiger partial charge is 0.274 e. The van der Waals surface area contributed by atoms with Crippen LogP contribution in [0.2, 0.25) is 0 Å². The number of aromatic nitrogens is 1. The molecule has 1 aromatic heterocycles. The first-order valence-electron chi connectivity index (χ1n) is 10.5. The van der Waals surface area contributed by atoms with E-state index < -0.39 is 11.9 Å². The summed E-state index contributed by atoms with van der Waals surface area (Å²) in [5.41, 5.74) is 1.32. The van der Waals surface area contributed by atoms with E-state index in [1.807, 2.05) is 18.2 Å². The lowest BCUT2D eigenvalue weighted by molar-refractivity contribution is -0.137. The van der Waals surface area contributed by atoms with Gasteiger partial charge in [0.25, 0.3) is 5.91 Å². The summed E-state index contributed by atoms with van der Waals surface area (Å²) in [5, 5.41) is 6.73. The topological polar surface area (TPSA) is 103 Å². The molecule has 0 unspecified atom stereocenters. The predicted octanol–water partition coefficient (Wildman–Crippen LogP) is 2.69. The second kappa shape index (κ2) is 10.2. The third kappa shape index (κ3) is 4.98. The number of carbonyl (C=O) groups excluding carboxylic acids is 2. The molecule has 1 saturated heterocycles. The number of benzene rings is 2. The molecule has 0 bridgehead atoms. The zero-order valence-corrected chi connectivity index (χ0v) is 18.4. The van der Waals surface area contributed by atoms with Crippen molar-refractivity contribution in [3.05, 3.63) is 65.9 Å². The van der Waals surface area contributed by atoms with E-state index in [0.717, 1.165) is 0 Å². The van der Waals surface area contributed by atoms with Gasteiger partial charge in [-0.1, -0.05) is 35.5 Å². The molecule has 172 valence electrons. The molecule has 1 N–H and O–H groups in total. The standard InChI is InChI=1S/C24H25N3O6/c1-30-17-8-9-20(31-2)18(14-17)21-15-19(26-33-21)23(28)25-22(16-6-4-3-5-7-16)24(29)27-10-12-32-13-11-27/h3-9,14-15,22H,10-13H2,1-2H3,(H,25,28)/t22-/m0/s1. The number of methoxy groups -OCH3 is 2. The highest BCUT2D eigenvalue weighted by Gasteiger charge is 2.30. The number of ether oxygens (including phenoxy) is 3. The number of carbonyl (C=O) groups is 2. The summed E-state index contributed by atoms with van der Waals surface area (Å²) in [7, 11) is 3.09. The summed E-state index contributed by atoms with van der Waals surface area (Å²) in [6, 6.07) is 15.0. The van der Waals surface area contributed by atoms with Crippen molar-refractivity contribution in [1.82, 2.24) is 15.4 Å². The van der Waals surface area contributed by atoms with Gasteiger partial charge in [0.1, 0.15) is 17.5 Å². The predicted molar refractivity (Wildman–Crippen MR) is 119 cm³/mol. The Hall–Kier alpha value is -3.85. The van der Waals surface area contributed by atoms with Gasteiger partial charge in [-0.2, -0.15) is 0 Å².